The lowest BCUT2D eigenvalue weighted by molar-refractivity contribution is -0.135. The van der Waals surface area contributed by atoms with Crippen molar-refractivity contribution in [3.05, 3.63) is 0 Å². The minimum atomic E-state index is -0.633. The van der Waals surface area contributed by atoms with Crippen LogP contribution in [-0.2, 0) is 4.79 Å². The number of hydrogen-bond donors (Lipinski definition) is 2. The maximum Gasteiger partial charge on any atom is 0.222 e. The van der Waals surface area contributed by atoms with Crippen LogP contribution < -0.4 is 5.32 Å². The van der Waals surface area contributed by atoms with E-state index in [-0.39, 0.29) is 5.91 Å². The van der Waals surface area contributed by atoms with E-state index < -0.39 is 5.60 Å². The molecule has 4 heteroatoms. The number of carbonyl (C=O) groups excluding carboxylic acids is 1. The molecule has 1 aliphatic rings. The molecule has 4 nitrogen and oxygen atoms in total. The molecule has 0 atom stereocenters. The lowest BCUT2D eigenvalue weighted by atomic mass is 9.91. The average Bonchev–Trinajstić information content (AvgIpc) is 2.34. The lowest BCUT2D eigenvalue weighted by Crippen LogP contribution is -2.52. The largest absolute Gasteiger partial charge is 0.388 e. The van der Waals surface area contributed by atoms with Crippen LogP contribution in [0.5, 0.6) is 0 Å². The van der Waals surface area contributed by atoms with Crippen molar-refractivity contribution >= 4 is 5.91 Å². The van der Waals surface area contributed by atoms with Gasteiger partial charge in [-0.05, 0) is 19.3 Å². The molecule has 0 aromatic carbocycles. The molecule has 1 saturated heterocycles. The quantitative estimate of drug-likeness (QED) is 0.758. The number of piperidine rings is 1. The van der Waals surface area contributed by atoms with Crippen LogP contribution in [-0.4, -0.2) is 47.2 Å². The van der Waals surface area contributed by atoms with Gasteiger partial charge in [-0.1, -0.05) is 27.2 Å². The molecule has 1 heterocycles. The van der Waals surface area contributed by atoms with Gasteiger partial charge in [0.15, 0.2) is 0 Å². The lowest BCUT2D eigenvalue weighted by Gasteiger charge is -2.38. The summed E-state index contributed by atoms with van der Waals surface area (Å²) < 4.78 is 0. The maximum absolute atomic E-state index is 11.9. The Morgan fingerprint density at radius 1 is 1.39 bits per heavy atom. The highest BCUT2D eigenvalue weighted by Crippen LogP contribution is 2.22. The molecule has 1 fully saturated rings. The third-order valence-corrected chi connectivity index (χ3v) is 3.63. The van der Waals surface area contributed by atoms with Crippen LogP contribution in [0.15, 0.2) is 0 Å². The molecule has 1 rings (SSSR count). The van der Waals surface area contributed by atoms with Crippen LogP contribution in [0.25, 0.3) is 0 Å². The summed E-state index contributed by atoms with van der Waals surface area (Å²) in [5.41, 5.74) is -0.633. The molecular formula is C14H28N2O2. The third-order valence-electron chi connectivity index (χ3n) is 3.63. The fourth-order valence-corrected chi connectivity index (χ4v) is 2.23. The van der Waals surface area contributed by atoms with Gasteiger partial charge < -0.3 is 15.3 Å². The van der Waals surface area contributed by atoms with Crippen molar-refractivity contribution in [2.75, 3.05) is 19.6 Å². The minimum Gasteiger partial charge on any atom is -0.388 e. The highest BCUT2D eigenvalue weighted by Gasteiger charge is 2.33. The van der Waals surface area contributed by atoms with E-state index in [0.29, 0.717) is 44.9 Å². The van der Waals surface area contributed by atoms with Gasteiger partial charge in [-0.25, -0.2) is 0 Å². The van der Waals surface area contributed by atoms with Gasteiger partial charge in [-0.3, -0.25) is 4.79 Å². The zero-order chi connectivity index (χ0) is 13.6. The van der Waals surface area contributed by atoms with Gasteiger partial charge in [0.25, 0.3) is 0 Å². The van der Waals surface area contributed by atoms with E-state index in [1.807, 2.05) is 4.90 Å². The van der Waals surface area contributed by atoms with Crippen LogP contribution >= 0.6 is 0 Å². The highest BCUT2D eigenvalue weighted by atomic mass is 16.3. The number of likely N-dealkylation sites (tertiary alicyclic amines) is 1. The van der Waals surface area contributed by atoms with Gasteiger partial charge in [0.2, 0.25) is 5.91 Å². The molecule has 0 spiro atoms. The van der Waals surface area contributed by atoms with E-state index >= 15 is 0 Å². The Hall–Kier alpha value is -0.610. The number of carbonyl (C=O) groups is 1. The van der Waals surface area contributed by atoms with Crippen LogP contribution in [0.1, 0.15) is 52.9 Å². The Morgan fingerprint density at radius 2 is 2.00 bits per heavy atom. The second-order valence-corrected chi connectivity index (χ2v) is 5.74. The van der Waals surface area contributed by atoms with Crippen molar-refractivity contribution in [1.29, 1.82) is 0 Å². The molecule has 2 N–H and O–H groups in total. The Labute approximate surface area is 111 Å². The molecule has 1 aliphatic heterocycles. The number of amides is 1. The molecule has 0 aromatic rings. The van der Waals surface area contributed by atoms with Crippen molar-refractivity contribution in [2.24, 2.45) is 0 Å². The molecular weight excluding hydrogens is 228 g/mol. The molecule has 106 valence electrons. The topological polar surface area (TPSA) is 52.6 Å². The number of nitrogens with zero attached hydrogens (tertiary/aromatic N) is 1. The highest BCUT2D eigenvalue weighted by molar-refractivity contribution is 5.76. The maximum atomic E-state index is 11.9. The summed E-state index contributed by atoms with van der Waals surface area (Å²) in [6, 6.07) is 0.387. The van der Waals surface area contributed by atoms with Gasteiger partial charge >= 0.3 is 0 Å². The van der Waals surface area contributed by atoms with Gasteiger partial charge in [0, 0.05) is 32.1 Å². The summed E-state index contributed by atoms with van der Waals surface area (Å²) in [7, 11) is 0. The Morgan fingerprint density at radius 3 is 2.50 bits per heavy atom. The average molecular weight is 256 g/mol. The van der Waals surface area contributed by atoms with E-state index in [2.05, 4.69) is 26.1 Å². The number of hydrogen-bond acceptors (Lipinski definition) is 3. The molecule has 1 amide bonds. The summed E-state index contributed by atoms with van der Waals surface area (Å²) >= 11 is 0. The van der Waals surface area contributed by atoms with Crippen molar-refractivity contribution in [2.45, 2.75) is 64.5 Å². The SMILES string of the molecule is CCCCC(=O)N1CCC(O)(CNC(C)C)CC1. The predicted molar refractivity (Wildman–Crippen MR) is 73.4 cm³/mol. The first-order valence-corrected chi connectivity index (χ1v) is 7.20. The summed E-state index contributed by atoms with van der Waals surface area (Å²) in [6.07, 6.45) is 4.05. The van der Waals surface area contributed by atoms with E-state index in [1.54, 1.807) is 0 Å². The fourth-order valence-electron chi connectivity index (χ4n) is 2.23. The van der Waals surface area contributed by atoms with Gasteiger partial charge in [0.1, 0.15) is 0 Å². The summed E-state index contributed by atoms with van der Waals surface area (Å²) in [5.74, 6) is 0.246. The van der Waals surface area contributed by atoms with Crippen molar-refractivity contribution in [1.82, 2.24) is 10.2 Å². The predicted octanol–water partition coefficient (Wildman–Crippen LogP) is 1.53. The molecule has 0 radical (unpaired) electrons. The van der Waals surface area contributed by atoms with Crippen LogP contribution in [0.4, 0.5) is 0 Å². The Kier molecular flexibility index (Phi) is 6.09. The van der Waals surface area contributed by atoms with Gasteiger partial charge in [-0.2, -0.15) is 0 Å². The number of rotatable bonds is 6. The van der Waals surface area contributed by atoms with Gasteiger partial charge in [0.05, 0.1) is 5.60 Å². The second-order valence-electron chi connectivity index (χ2n) is 5.74. The van der Waals surface area contributed by atoms with Crippen LogP contribution in [0.3, 0.4) is 0 Å². The van der Waals surface area contributed by atoms with E-state index in [4.69, 9.17) is 0 Å². The Balaban J connectivity index is 2.33. The van der Waals surface area contributed by atoms with E-state index in [1.165, 1.54) is 0 Å². The van der Waals surface area contributed by atoms with Crippen LogP contribution in [0, 0.1) is 0 Å². The Bertz CT molecular complexity index is 259. The third kappa shape index (κ3) is 4.94. The summed E-state index contributed by atoms with van der Waals surface area (Å²) in [5, 5.41) is 13.7. The number of unbranched alkanes of at least 4 members (excludes halogenated alkanes) is 1. The van der Waals surface area contributed by atoms with Gasteiger partial charge in [-0.15, -0.1) is 0 Å². The van der Waals surface area contributed by atoms with Crippen LogP contribution in [0.2, 0.25) is 0 Å². The monoisotopic (exact) mass is 256 g/mol. The fraction of sp³-hybridized carbons (Fsp3) is 0.929. The normalized spacial score (nSPS) is 19.3. The molecule has 0 saturated carbocycles. The molecule has 0 unspecified atom stereocenters. The molecule has 0 aromatic heterocycles. The van der Waals surface area contributed by atoms with E-state index in [0.717, 1.165) is 12.8 Å². The zero-order valence-corrected chi connectivity index (χ0v) is 12.0. The molecule has 18 heavy (non-hydrogen) atoms. The molecule has 0 aliphatic carbocycles. The first-order chi connectivity index (χ1) is 8.47. The zero-order valence-electron chi connectivity index (χ0n) is 12.0. The van der Waals surface area contributed by atoms with Crippen molar-refractivity contribution in [3.63, 3.8) is 0 Å². The van der Waals surface area contributed by atoms with Crippen molar-refractivity contribution in [3.8, 4) is 0 Å². The summed E-state index contributed by atoms with van der Waals surface area (Å²) in [4.78, 5) is 13.8. The van der Waals surface area contributed by atoms with E-state index in [9.17, 15) is 9.90 Å². The number of aliphatic hydroxyl groups is 1. The first-order valence-electron chi connectivity index (χ1n) is 7.20. The summed E-state index contributed by atoms with van der Waals surface area (Å²) in [6.45, 7) is 8.26. The van der Waals surface area contributed by atoms with Crippen molar-refractivity contribution < 1.29 is 9.90 Å². The minimum absolute atomic E-state index is 0.246. The second kappa shape index (κ2) is 7.10. The first kappa shape index (κ1) is 15.4. The standard InChI is InChI=1S/C14H28N2O2/c1-4-5-6-13(17)16-9-7-14(18,8-10-16)11-15-12(2)3/h12,15,18H,4-11H2,1-3H3. The molecule has 0 bridgehead atoms. The smallest absolute Gasteiger partial charge is 0.222 e. The number of nitrogens with one attached hydrogen (secondary N) is 1.